The summed E-state index contributed by atoms with van der Waals surface area (Å²) in [5.74, 6) is -1.83. The maximum absolute atomic E-state index is 10.2. The summed E-state index contributed by atoms with van der Waals surface area (Å²) in [5.41, 5.74) is 0. The number of carbonyl (C=O) groups excluding carboxylic acids is 2. The molecule has 0 spiro atoms. The number of hydrogen-bond donors (Lipinski definition) is 0. The van der Waals surface area contributed by atoms with E-state index in [0.29, 0.717) is 0 Å². The summed E-state index contributed by atoms with van der Waals surface area (Å²) >= 11 is 0. The SMILES string of the molecule is CCCCCCCC/C=C\CCCCCCCC(=O)[O-].CCCCCCCC/C=C\CCCCCCCC(=O)[O-].[KH].[Na+].[Na+]. The van der Waals surface area contributed by atoms with Gasteiger partial charge in [0.2, 0.25) is 0 Å². The van der Waals surface area contributed by atoms with Gasteiger partial charge in [0.25, 0.3) is 0 Å². The molecular weight excluding hydrogens is 581 g/mol. The first-order valence-electron chi connectivity index (χ1n) is 17.2. The first-order chi connectivity index (χ1) is 19.5. The summed E-state index contributed by atoms with van der Waals surface area (Å²) in [5, 5.41) is 20.4. The van der Waals surface area contributed by atoms with Crippen molar-refractivity contribution in [2.45, 2.75) is 194 Å². The second-order valence-electron chi connectivity index (χ2n) is 11.4. The first kappa shape index (κ1) is 54.5. The van der Waals surface area contributed by atoms with Gasteiger partial charge in [0.15, 0.2) is 0 Å². The molecule has 0 bridgehead atoms. The second kappa shape index (κ2) is 50.9. The molecule has 0 saturated heterocycles. The van der Waals surface area contributed by atoms with Crippen molar-refractivity contribution >= 4 is 63.3 Å². The van der Waals surface area contributed by atoms with Crippen LogP contribution in [0.25, 0.3) is 0 Å². The fourth-order valence-corrected chi connectivity index (χ4v) is 4.68. The normalized spacial score (nSPS) is 10.5. The molecule has 0 heterocycles. The van der Waals surface area contributed by atoms with E-state index in [0.717, 1.165) is 38.5 Å². The summed E-state index contributed by atoms with van der Waals surface area (Å²) in [6, 6.07) is 0. The fourth-order valence-electron chi connectivity index (χ4n) is 4.68. The van der Waals surface area contributed by atoms with Crippen molar-refractivity contribution in [2.24, 2.45) is 0 Å². The number of unbranched alkanes of at least 4 members (excludes halogenated alkanes) is 22. The van der Waals surface area contributed by atoms with Gasteiger partial charge in [-0.1, -0.05) is 141 Å². The zero-order valence-electron chi connectivity index (χ0n) is 28.7. The van der Waals surface area contributed by atoms with Crippen LogP contribution in [0.3, 0.4) is 0 Å². The molecule has 0 aliphatic heterocycles. The molecule has 0 radical (unpaired) electrons. The number of aliphatic carboxylic acids is 2. The summed E-state index contributed by atoms with van der Waals surface area (Å²) < 4.78 is 0. The van der Waals surface area contributed by atoms with E-state index >= 15 is 0 Å². The van der Waals surface area contributed by atoms with Gasteiger partial charge in [0.1, 0.15) is 0 Å². The van der Waals surface area contributed by atoms with Crippen LogP contribution in [0.15, 0.2) is 24.3 Å². The molecular formula is C36H67KNa2O4. The summed E-state index contributed by atoms with van der Waals surface area (Å²) in [4.78, 5) is 20.4. The Kier molecular flexibility index (Phi) is 64.5. The van der Waals surface area contributed by atoms with Crippen molar-refractivity contribution in [1.82, 2.24) is 0 Å². The minimum Gasteiger partial charge on any atom is 1.00 e. The fraction of sp³-hybridized carbons (Fsp3) is 0.833. The van der Waals surface area contributed by atoms with Crippen molar-refractivity contribution in [3.63, 3.8) is 0 Å². The van der Waals surface area contributed by atoms with E-state index in [1.54, 1.807) is 0 Å². The zero-order chi connectivity index (χ0) is 29.8. The van der Waals surface area contributed by atoms with E-state index < -0.39 is 11.9 Å². The number of allylic oxidation sites excluding steroid dienone is 4. The van der Waals surface area contributed by atoms with Crippen LogP contribution >= 0.6 is 0 Å². The third kappa shape index (κ3) is 59.9. The largest absolute Gasteiger partial charge is 1.00 e. The molecule has 7 heteroatoms. The zero-order valence-corrected chi connectivity index (χ0v) is 32.7. The van der Waals surface area contributed by atoms with Crippen LogP contribution in [0.4, 0.5) is 0 Å². The van der Waals surface area contributed by atoms with Gasteiger partial charge in [-0.3, -0.25) is 0 Å². The molecule has 0 N–H and O–H groups in total. The Morgan fingerprint density at radius 1 is 0.395 bits per heavy atom. The molecule has 4 nitrogen and oxygen atoms in total. The Hall–Kier alpha value is 2.06. The average molecular weight is 649 g/mol. The molecule has 0 rings (SSSR count). The number of carbonyl (C=O) groups is 2. The van der Waals surface area contributed by atoms with Crippen molar-refractivity contribution in [3.8, 4) is 0 Å². The van der Waals surface area contributed by atoms with E-state index in [4.69, 9.17) is 0 Å². The van der Waals surface area contributed by atoms with Gasteiger partial charge in [0, 0.05) is 11.9 Å². The molecule has 0 aromatic rings. The van der Waals surface area contributed by atoms with E-state index in [2.05, 4.69) is 38.2 Å². The number of carboxylic acid groups (broad SMARTS) is 2. The number of hydrogen-bond acceptors (Lipinski definition) is 4. The van der Waals surface area contributed by atoms with Crippen LogP contribution in [0, 0.1) is 0 Å². The summed E-state index contributed by atoms with van der Waals surface area (Å²) in [7, 11) is 0. The molecule has 43 heavy (non-hydrogen) atoms. The minimum atomic E-state index is -0.914. The Morgan fingerprint density at radius 2 is 0.605 bits per heavy atom. The predicted molar refractivity (Wildman–Crippen MR) is 176 cm³/mol. The third-order valence-electron chi connectivity index (χ3n) is 7.29. The minimum absolute atomic E-state index is 0. The first-order valence-corrected chi connectivity index (χ1v) is 17.2. The summed E-state index contributed by atoms with van der Waals surface area (Å²) in [6.07, 6.45) is 41.8. The molecule has 0 saturated carbocycles. The second-order valence-corrected chi connectivity index (χ2v) is 11.4. The van der Waals surface area contributed by atoms with E-state index in [1.165, 1.54) is 128 Å². The molecule has 0 aromatic heterocycles. The molecule has 0 aliphatic rings. The van der Waals surface area contributed by atoms with Gasteiger partial charge in [-0.2, -0.15) is 0 Å². The standard InChI is InChI=1S/2C18H34O2.K.2Na.H/c2*1-2-3-4-5-6-7-8-9-10-11-12-13-14-15-16-17-18(19)20;;;;/h2*9-10H,2-8,11-17H2,1H3,(H,19,20);;;;/q;;;2*+1;/p-2/b2*10-9-;;;;. The Bertz CT molecular complexity index is 536. The smallest absolute Gasteiger partial charge is 1.00 e. The molecule has 0 amide bonds. The Balaban J connectivity index is -0.000000209. The van der Waals surface area contributed by atoms with E-state index in [9.17, 15) is 19.8 Å². The van der Waals surface area contributed by atoms with Gasteiger partial charge in [-0.05, 0) is 77.0 Å². The van der Waals surface area contributed by atoms with Crippen molar-refractivity contribution < 1.29 is 78.9 Å². The molecule has 0 aliphatic carbocycles. The van der Waals surface area contributed by atoms with E-state index in [1.807, 2.05) is 0 Å². The van der Waals surface area contributed by atoms with Gasteiger partial charge in [0.05, 0.1) is 0 Å². The monoisotopic (exact) mass is 648 g/mol. The van der Waals surface area contributed by atoms with Crippen LogP contribution in [-0.4, -0.2) is 63.3 Å². The van der Waals surface area contributed by atoms with Crippen LogP contribution in [-0.2, 0) is 9.59 Å². The van der Waals surface area contributed by atoms with Crippen LogP contribution in [0.1, 0.15) is 194 Å². The maximum atomic E-state index is 10.2. The van der Waals surface area contributed by atoms with Crippen molar-refractivity contribution in [2.75, 3.05) is 0 Å². The topological polar surface area (TPSA) is 80.3 Å². The molecule has 238 valence electrons. The Labute approximate surface area is 355 Å². The molecule has 0 aromatic carbocycles. The van der Waals surface area contributed by atoms with Crippen LogP contribution in [0.5, 0.6) is 0 Å². The maximum Gasteiger partial charge on any atom is 1.00 e. The van der Waals surface area contributed by atoms with E-state index in [-0.39, 0.29) is 123 Å². The van der Waals surface area contributed by atoms with Crippen LogP contribution in [0.2, 0.25) is 0 Å². The van der Waals surface area contributed by atoms with Gasteiger partial charge in [-0.25, -0.2) is 0 Å². The third-order valence-corrected chi connectivity index (χ3v) is 7.29. The quantitative estimate of drug-likeness (QED) is 0.0682. The molecule has 0 unspecified atom stereocenters. The number of carboxylic acids is 2. The molecule has 0 fully saturated rings. The molecule has 0 atom stereocenters. The van der Waals surface area contributed by atoms with Gasteiger partial charge in [-0.15, -0.1) is 0 Å². The summed E-state index contributed by atoms with van der Waals surface area (Å²) in [6.45, 7) is 4.51. The Morgan fingerprint density at radius 3 is 0.837 bits per heavy atom. The van der Waals surface area contributed by atoms with Gasteiger partial charge < -0.3 is 19.8 Å². The van der Waals surface area contributed by atoms with Crippen molar-refractivity contribution in [1.29, 1.82) is 0 Å². The number of rotatable bonds is 30. The van der Waals surface area contributed by atoms with Crippen LogP contribution < -0.4 is 69.3 Å². The van der Waals surface area contributed by atoms with Crippen molar-refractivity contribution in [3.05, 3.63) is 24.3 Å². The van der Waals surface area contributed by atoms with Gasteiger partial charge >= 0.3 is 110 Å². The predicted octanol–water partition coefficient (Wildman–Crippen LogP) is 2.91. The average Bonchev–Trinajstić information content (AvgIpc) is 2.93.